The number of nitrogens with one attached hydrogen (secondary N) is 1. The summed E-state index contributed by atoms with van der Waals surface area (Å²) in [5, 5.41) is 3.57. The van der Waals surface area contributed by atoms with E-state index in [0.29, 0.717) is 12.2 Å². The van der Waals surface area contributed by atoms with Crippen LogP contribution in [0.1, 0.15) is 27.8 Å². The van der Waals surface area contributed by atoms with E-state index in [9.17, 15) is 4.79 Å². The van der Waals surface area contributed by atoms with Crippen molar-refractivity contribution in [3.05, 3.63) is 89.9 Å². The highest BCUT2D eigenvalue weighted by Gasteiger charge is 2.22. The third kappa shape index (κ3) is 4.83. The number of benzene rings is 1. The smallest absolute Gasteiger partial charge is 0.272 e. The van der Waals surface area contributed by atoms with Crippen LogP contribution < -0.4 is 10.2 Å². The number of amides is 1. The summed E-state index contributed by atoms with van der Waals surface area (Å²) in [5.74, 6) is 0.781. The molecule has 1 saturated heterocycles. The van der Waals surface area contributed by atoms with Crippen LogP contribution in [0.2, 0.25) is 0 Å². The second kappa shape index (κ2) is 9.50. The molecule has 1 fully saturated rings. The van der Waals surface area contributed by atoms with Gasteiger partial charge in [-0.25, -0.2) is 4.98 Å². The monoisotopic (exact) mass is 401 g/mol. The number of aromatic nitrogens is 2. The SMILES string of the molecule is CN(CCc1ccccn1)C(=O)c1cccc(N2CCNC(c3ccccc3)C2)n1. The van der Waals surface area contributed by atoms with Gasteiger partial charge in [0.25, 0.3) is 5.91 Å². The molecule has 6 heteroatoms. The number of nitrogens with zero attached hydrogens (tertiary/aromatic N) is 4. The zero-order valence-corrected chi connectivity index (χ0v) is 17.2. The fourth-order valence-corrected chi connectivity index (χ4v) is 3.71. The van der Waals surface area contributed by atoms with Crippen molar-refractivity contribution in [3.8, 4) is 0 Å². The zero-order valence-electron chi connectivity index (χ0n) is 17.2. The second-order valence-corrected chi connectivity index (χ2v) is 7.54. The van der Waals surface area contributed by atoms with Crippen LogP contribution in [0.15, 0.2) is 72.9 Å². The van der Waals surface area contributed by atoms with Crippen LogP contribution in [0.3, 0.4) is 0 Å². The van der Waals surface area contributed by atoms with Gasteiger partial charge in [0.1, 0.15) is 11.5 Å². The fourth-order valence-electron chi connectivity index (χ4n) is 3.71. The lowest BCUT2D eigenvalue weighted by atomic mass is 10.0. The van der Waals surface area contributed by atoms with Gasteiger partial charge < -0.3 is 15.1 Å². The molecule has 6 nitrogen and oxygen atoms in total. The Hall–Kier alpha value is -3.25. The van der Waals surface area contributed by atoms with Gasteiger partial charge in [-0.3, -0.25) is 9.78 Å². The summed E-state index contributed by atoms with van der Waals surface area (Å²) in [4.78, 5) is 25.9. The van der Waals surface area contributed by atoms with Gasteiger partial charge in [0.15, 0.2) is 0 Å². The molecule has 1 atom stereocenters. The minimum atomic E-state index is -0.0671. The summed E-state index contributed by atoms with van der Waals surface area (Å²) in [5.41, 5.74) is 2.72. The molecular weight excluding hydrogens is 374 g/mol. The first-order valence-electron chi connectivity index (χ1n) is 10.4. The van der Waals surface area contributed by atoms with E-state index in [1.54, 1.807) is 17.2 Å². The van der Waals surface area contributed by atoms with E-state index in [4.69, 9.17) is 4.98 Å². The molecule has 3 aromatic rings. The van der Waals surface area contributed by atoms with Crippen molar-refractivity contribution in [1.82, 2.24) is 20.2 Å². The van der Waals surface area contributed by atoms with E-state index in [2.05, 4.69) is 39.5 Å². The average molecular weight is 402 g/mol. The molecule has 1 aliphatic rings. The molecule has 1 aliphatic heterocycles. The summed E-state index contributed by atoms with van der Waals surface area (Å²) in [6.45, 7) is 3.17. The van der Waals surface area contributed by atoms with E-state index in [1.807, 2.05) is 43.4 Å². The van der Waals surface area contributed by atoms with Crippen LogP contribution in [0.4, 0.5) is 5.82 Å². The first-order valence-corrected chi connectivity index (χ1v) is 10.4. The summed E-state index contributed by atoms with van der Waals surface area (Å²) in [6, 6.07) is 22.2. The number of likely N-dealkylation sites (N-methyl/N-ethyl adjacent to an activating group) is 1. The molecule has 154 valence electrons. The lowest BCUT2D eigenvalue weighted by molar-refractivity contribution is 0.0790. The number of rotatable bonds is 6. The Bertz CT molecular complexity index is 964. The van der Waals surface area contributed by atoms with Gasteiger partial charge in [0, 0.05) is 57.6 Å². The van der Waals surface area contributed by atoms with Crippen molar-refractivity contribution in [2.45, 2.75) is 12.5 Å². The number of carbonyl (C=O) groups excluding carboxylic acids is 1. The van der Waals surface area contributed by atoms with Crippen molar-refractivity contribution in [2.24, 2.45) is 0 Å². The summed E-state index contributed by atoms with van der Waals surface area (Å²) in [7, 11) is 1.82. The lowest BCUT2D eigenvalue weighted by Gasteiger charge is -2.35. The minimum absolute atomic E-state index is 0.0671. The van der Waals surface area contributed by atoms with Gasteiger partial charge in [0.2, 0.25) is 0 Å². The van der Waals surface area contributed by atoms with Crippen molar-refractivity contribution < 1.29 is 4.79 Å². The maximum atomic E-state index is 12.9. The molecule has 2 aromatic heterocycles. The highest BCUT2D eigenvalue weighted by Crippen LogP contribution is 2.21. The molecule has 4 rings (SSSR count). The van der Waals surface area contributed by atoms with Crippen molar-refractivity contribution in [1.29, 1.82) is 0 Å². The van der Waals surface area contributed by atoms with E-state index in [0.717, 1.165) is 37.6 Å². The third-order valence-electron chi connectivity index (χ3n) is 5.43. The van der Waals surface area contributed by atoms with Gasteiger partial charge in [-0.15, -0.1) is 0 Å². The fraction of sp³-hybridized carbons (Fsp3) is 0.292. The highest BCUT2D eigenvalue weighted by molar-refractivity contribution is 5.92. The normalized spacial score (nSPS) is 16.3. The molecule has 0 radical (unpaired) electrons. The summed E-state index contributed by atoms with van der Waals surface area (Å²) in [6.07, 6.45) is 2.50. The Morgan fingerprint density at radius 2 is 1.93 bits per heavy atom. The Kier molecular flexibility index (Phi) is 6.35. The first-order chi connectivity index (χ1) is 14.7. The van der Waals surface area contributed by atoms with Crippen LogP contribution >= 0.6 is 0 Å². The maximum absolute atomic E-state index is 12.9. The quantitative estimate of drug-likeness (QED) is 0.688. The van der Waals surface area contributed by atoms with E-state index in [-0.39, 0.29) is 11.9 Å². The number of pyridine rings is 2. The van der Waals surface area contributed by atoms with Crippen LogP contribution in [-0.2, 0) is 6.42 Å². The molecular formula is C24H27N5O. The molecule has 1 amide bonds. The number of hydrogen-bond donors (Lipinski definition) is 1. The Balaban J connectivity index is 1.42. The molecule has 0 aliphatic carbocycles. The Morgan fingerprint density at radius 3 is 2.73 bits per heavy atom. The Morgan fingerprint density at radius 1 is 1.10 bits per heavy atom. The molecule has 0 saturated carbocycles. The predicted octanol–water partition coefficient (Wildman–Crippen LogP) is 2.94. The Labute approximate surface area is 177 Å². The topological polar surface area (TPSA) is 61.4 Å². The van der Waals surface area contributed by atoms with Gasteiger partial charge in [0.05, 0.1) is 0 Å². The molecule has 30 heavy (non-hydrogen) atoms. The van der Waals surface area contributed by atoms with Crippen LogP contribution in [-0.4, -0.2) is 54.0 Å². The largest absolute Gasteiger partial charge is 0.353 e. The third-order valence-corrected chi connectivity index (χ3v) is 5.43. The van der Waals surface area contributed by atoms with E-state index in [1.165, 1.54) is 5.56 Å². The number of piperazine rings is 1. The number of carbonyl (C=O) groups is 1. The van der Waals surface area contributed by atoms with Crippen molar-refractivity contribution in [3.63, 3.8) is 0 Å². The van der Waals surface area contributed by atoms with E-state index >= 15 is 0 Å². The van der Waals surface area contributed by atoms with Gasteiger partial charge in [-0.2, -0.15) is 0 Å². The summed E-state index contributed by atoms with van der Waals surface area (Å²) < 4.78 is 0. The molecule has 3 heterocycles. The number of anilines is 1. The van der Waals surface area contributed by atoms with Crippen molar-refractivity contribution in [2.75, 3.05) is 38.1 Å². The van der Waals surface area contributed by atoms with E-state index < -0.39 is 0 Å². The van der Waals surface area contributed by atoms with Crippen LogP contribution in [0.25, 0.3) is 0 Å². The first kappa shape index (κ1) is 20.0. The highest BCUT2D eigenvalue weighted by atomic mass is 16.2. The molecule has 0 spiro atoms. The standard InChI is InChI=1S/C24H27N5O/c1-28(16-13-20-10-5-6-14-25-20)24(30)21-11-7-12-23(27-21)29-17-15-26-22(18-29)19-8-3-2-4-9-19/h2-12,14,22,26H,13,15-18H2,1H3. The van der Waals surface area contributed by atoms with Gasteiger partial charge in [-0.05, 0) is 29.8 Å². The molecule has 1 unspecified atom stereocenters. The summed E-state index contributed by atoms with van der Waals surface area (Å²) >= 11 is 0. The molecule has 1 aromatic carbocycles. The lowest BCUT2D eigenvalue weighted by Crippen LogP contribution is -2.46. The van der Waals surface area contributed by atoms with Crippen LogP contribution in [0.5, 0.6) is 0 Å². The second-order valence-electron chi connectivity index (χ2n) is 7.54. The predicted molar refractivity (Wildman–Crippen MR) is 119 cm³/mol. The van der Waals surface area contributed by atoms with Gasteiger partial charge in [-0.1, -0.05) is 42.5 Å². The van der Waals surface area contributed by atoms with Crippen LogP contribution in [0, 0.1) is 0 Å². The molecule has 1 N–H and O–H groups in total. The van der Waals surface area contributed by atoms with Crippen molar-refractivity contribution >= 4 is 11.7 Å². The van der Waals surface area contributed by atoms with Gasteiger partial charge >= 0.3 is 0 Å². The average Bonchev–Trinajstić information content (AvgIpc) is 2.83. The molecule has 0 bridgehead atoms. The number of hydrogen-bond acceptors (Lipinski definition) is 5. The maximum Gasteiger partial charge on any atom is 0.272 e. The zero-order chi connectivity index (χ0) is 20.8. The minimum Gasteiger partial charge on any atom is -0.353 e.